The van der Waals surface area contributed by atoms with Crippen molar-refractivity contribution in [3.63, 3.8) is 0 Å². The van der Waals surface area contributed by atoms with Gasteiger partial charge in [0.1, 0.15) is 0 Å². The second kappa shape index (κ2) is 9.22. The number of rotatable bonds is 7. The summed E-state index contributed by atoms with van der Waals surface area (Å²) >= 11 is 1.49. The molecule has 31 heavy (non-hydrogen) atoms. The molecule has 3 rings (SSSR count). The standard InChI is InChI=1S/C22H26N4O4S/c1-11(2)25-26-22-23-15-8-12(3)18(13(4)20(15)31-22)24-21(27)14-9-16(28-5)19(30-7)17(10-14)29-6/h8-10H,1-7H3,(H,23,26)(H,24,27). The van der Waals surface area contributed by atoms with Gasteiger partial charge in [-0.2, -0.15) is 5.10 Å². The Balaban J connectivity index is 1.97. The first-order valence-electron chi connectivity index (χ1n) is 9.58. The smallest absolute Gasteiger partial charge is 0.255 e. The molecule has 0 aliphatic rings. The van der Waals surface area contributed by atoms with Crippen LogP contribution in [0.2, 0.25) is 0 Å². The van der Waals surface area contributed by atoms with E-state index >= 15 is 0 Å². The highest BCUT2D eigenvalue weighted by Gasteiger charge is 2.19. The lowest BCUT2D eigenvalue weighted by atomic mass is 10.1. The predicted octanol–water partition coefficient (Wildman–Crippen LogP) is 5.00. The normalized spacial score (nSPS) is 10.5. The van der Waals surface area contributed by atoms with Gasteiger partial charge in [0.15, 0.2) is 11.5 Å². The van der Waals surface area contributed by atoms with Crippen LogP contribution in [-0.2, 0) is 0 Å². The van der Waals surface area contributed by atoms with Crippen LogP contribution in [-0.4, -0.2) is 37.9 Å². The maximum Gasteiger partial charge on any atom is 0.255 e. The van der Waals surface area contributed by atoms with Crippen LogP contribution in [0.3, 0.4) is 0 Å². The molecule has 0 atom stereocenters. The minimum atomic E-state index is -0.279. The van der Waals surface area contributed by atoms with Crippen molar-refractivity contribution in [2.24, 2.45) is 5.10 Å². The van der Waals surface area contributed by atoms with Crippen molar-refractivity contribution in [1.29, 1.82) is 0 Å². The molecular formula is C22H26N4O4S. The SMILES string of the molecule is COc1cc(C(=O)Nc2c(C)cc3nc(NN=C(C)C)sc3c2C)cc(OC)c1OC. The first-order valence-corrected chi connectivity index (χ1v) is 10.4. The summed E-state index contributed by atoms with van der Waals surface area (Å²) in [6, 6.07) is 5.21. The van der Waals surface area contributed by atoms with Crippen molar-refractivity contribution in [3.8, 4) is 17.2 Å². The molecule has 3 aromatic rings. The fraction of sp³-hybridized carbons (Fsp3) is 0.318. The molecule has 1 amide bonds. The van der Waals surface area contributed by atoms with Gasteiger partial charge in [-0.3, -0.25) is 10.2 Å². The summed E-state index contributed by atoms with van der Waals surface area (Å²) in [5.41, 5.74) is 7.74. The summed E-state index contributed by atoms with van der Waals surface area (Å²) in [5, 5.41) is 7.94. The number of hydrogen-bond acceptors (Lipinski definition) is 8. The molecule has 0 saturated heterocycles. The second-order valence-corrected chi connectivity index (χ2v) is 8.10. The second-order valence-electron chi connectivity index (χ2n) is 7.10. The fourth-order valence-corrected chi connectivity index (χ4v) is 4.08. The Morgan fingerprint density at radius 3 is 2.23 bits per heavy atom. The van der Waals surface area contributed by atoms with E-state index in [1.54, 1.807) is 12.1 Å². The van der Waals surface area contributed by atoms with E-state index in [9.17, 15) is 4.79 Å². The number of aryl methyl sites for hydroxylation is 2. The lowest BCUT2D eigenvalue weighted by Crippen LogP contribution is -2.14. The molecule has 2 aromatic carbocycles. The highest BCUT2D eigenvalue weighted by atomic mass is 32.1. The molecule has 9 heteroatoms. The van der Waals surface area contributed by atoms with Gasteiger partial charge in [0, 0.05) is 17.0 Å². The first kappa shape index (κ1) is 22.4. The van der Waals surface area contributed by atoms with Crippen molar-refractivity contribution in [3.05, 3.63) is 34.9 Å². The third-order valence-electron chi connectivity index (χ3n) is 4.66. The Kier molecular flexibility index (Phi) is 6.65. The zero-order chi connectivity index (χ0) is 22.7. The van der Waals surface area contributed by atoms with Gasteiger partial charge < -0.3 is 19.5 Å². The molecule has 0 unspecified atom stereocenters. The number of nitrogens with zero attached hydrogens (tertiary/aromatic N) is 2. The van der Waals surface area contributed by atoms with Crippen LogP contribution in [0.1, 0.15) is 35.3 Å². The van der Waals surface area contributed by atoms with Crippen molar-refractivity contribution < 1.29 is 19.0 Å². The van der Waals surface area contributed by atoms with Crippen LogP contribution in [0.4, 0.5) is 10.8 Å². The van der Waals surface area contributed by atoms with Gasteiger partial charge in [-0.25, -0.2) is 4.98 Å². The molecule has 0 spiro atoms. The summed E-state index contributed by atoms with van der Waals surface area (Å²) in [6.45, 7) is 7.73. The number of ether oxygens (including phenoxy) is 3. The Morgan fingerprint density at radius 1 is 1.03 bits per heavy atom. The number of hydrazone groups is 1. The minimum absolute atomic E-state index is 0.279. The Labute approximate surface area is 185 Å². The van der Waals surface area contributed by atoms with Crippen LogP contribution in [0.15, 0.2) is 23.3 Å². The van der Waals surface area contributed by atoms with Crippen LogP contribution < -0.4 is 25.0 Å². The number of thiazole rings is 1. The highest BCUT2D eigenvalue weighted by molar-refractivity contribution is 7.22. The summed E-state index contributed by atoms with van der Waals surface area (Å²) in [6.07, 6.45) is 0. The highest BCUT2D eigenvalue weighted by Crippen LogP contribution is 2.39. The number of carbonyl (C=O) groups excluding carboxylic acids is 1. The molecule has 164 valence electrons. The fourth-order valence-electron chi connectivity index (χ4n) is 3.18. The number of carbonyl (C=O) groups is 1. The van der Waals surface area contributed by atoms with Crippen molar-refractivity contribution in [1.82, 2.24) is 4.98 Å². The third kappa shape index (κ3) is 4.56. The lowest BCUT2D eigenvalue weighted by molar-refractivity contribution is 0.102. The molecule has 0 fully saturated rings. The van der Waals surface area contributed by atoms with Crippen molar-refractivity contribution >= 4 is 44.0 Å². The van der Waals surface area contributed by atoms with E-state index in [0.717, 1.165) is 32.7 Å². The molecule has 0 bridgehead atoms. The number of aromatic nitrogens is 1. The first-order chi connectivity index (χ1) is 14.8. The summed E-state index contributed by atoms with van der Waals surface area (Å²) in [4.78, 5) is 17.7. The number of amides is 1. The van der Waals surface area contributed by atoms with Crippen LogP contribution >= 0.6 is 11.3 Å². The van der Waals surface area contributed by atoms with E-state index in [2.05, 4.69) is 20.8 Å². The van der Waals surface area contributed by atoms with Gasteiger partial charge in [-0.1, -0.05) is 11.3 Å². The van der Waals surface area contributed by atoms with Gasteiger partial charge in [0.25, 0.3) is 5.91 Å². The topological polar surface area (TPSA) is 94.1 Å². The van der Waals surface area contributed by atoms with Gasteiger partial charge >= 0.3 is 0 Å². The average molecular weight is 443 g/mol. The summed E-state index contributed by atoms with van der Waals surface area (Å²) in [5.74, 6) is 0.991. The van der Waals surface area contributed by atoms with E-state index in [1.165, 1.54) is 32.7 Å². The number of nitrogens with one attached hydrogen (secondary N) is 2. The zero-order valence-corrected chi connectivity index (χ0v) is 19.5. The van der Waals surface area contributed by atoms with E-state index in [-0.39, 0.29) is 5.91 Å². The third-order valence-corrected chi connectivity index (χ3v) is 5.75. The Morgan fingerprint density at radius 2 is 1.68 bits per heavy atom. The van der Waals surface area contributed by atoms with Crippen molar-refractivity contribution in [2.75, 3.05) is 32.1 Å². The predicted molar refractivity (Wildman–Crippen MR) is 126 cm³/mol. The lowest BCUT2D eigenvalue weighted by Gasteiger charge is -2.15. The van der Waals surface area contributed by atoms with Crippen LogP contribution in [0.5, 0.6) is 17.2 Å². The molecule has 1 heterocycles. The van der Waals surface area contributed by atoms with Gasteiger partial charge in [-0.05, 0) is 57.0 Å². The van der Waals surface area contributed by atoms with Gasteiger partial charge in [0.2, 0.25) is 10.9 Å². The quantitative estimate of drug-likeness (QED) is 0.395. The molecule has 0 saturated carbocycles. The maximum absolute atomic E-state index is 13.1. The molecule has 0 radical (unpaired) electrons. The van der Waals surface area contributed by atoms with E-state index in [4.69, 9.17) is 14.2 Å². The van der Waals surface area contributed by atoms with E-state index in [0.29, 0.717) is 27.9 Å². The Bertz CT molecular complexity index is 1140. The van der Waals surface area contributed by atoms with Crippen LogP contribution in [0, 0.1) is 13.8 Å². The number of hydrogen-bond donors (Lipinski definition) is 2. The molecule has 1 aromatic heterocycles. The van der Waals surface area contributed by atoms with Crippen LogP contribution in [0.25, 0.3) is 10.2 Å². The maximum atomic E-state index is 13.1. The monoisotopic (exact) mass is 442 g/mol. The Hall–Kier alpha value is -3.33. The van der Waals surface area contributed by atoms with E-state index < -0.39 is 0 Å². The molecule has 0 aliphatic carbocycles. The number of benzene rings is 2. The van der Waals surface area contributed by atoms with Gasteiger partial charge in [0.05, 0.1) is 31.5 Å². The molecule has 0 aliphatic heterocycles. The molecular weight excluding hydrogens is 416 g/mol. The molecule has 2 N–H and O–H groups in total. The number of anilines is 2. The number of fused-ring (bicyclic) bond motifs is 1. The van der Waals surface area contributed by atoms with Gasteiger partial charge in [-0.15, -0.1) is 0 Å². The molecule has 8 nitrogen and oxygen atoms in total. The summed E-state index contributed by atoms with van der Waals surface area (Å²) < 4.78 is 17.0. The minimum Gasteiger partial charge on any atom is -0.493 e. The van der Waals surface area contributed by atoms with Crippen molar-refractivity contribution in [2.45, 2.75) is 27.7 Å². The van der Waals surface area contributed by atoms with E-state index in [1.807, 2.05) is 33.8 Å². The average Bonchev–Trinajstić information content (AvgIpc) is 3.16. The zero-order valence-electron chi connectivity index (χ0n) is 18.7. The largest absolute Gasteiger partial charge is 0.493 e. The summed E-state index contributed by atoms with van der Waals surface area (Å²) in [7, 11) is 4.55. The number of methoxy groups -OCH3 is 3.